The van der Waals surface area contributed by atoms with Gasteiger partial charge >= 0.3 is 5.97 Å². The molecule has 0 aliphatic heterocycles. The average Bonchev–Trinajstić information content (AvgIpc) is 2.99. The fourth-order valence-electron chi connectivity index (χ4n) is 2.94. The lowest BCUT2D eigenvalue weighted by molar-refractivity contribution is 0.0691. The van der Waals surface area contributed by atoms with E-state index >= 15 is 0 Å². The number of aromatic nitrogens is 5. The molecule has 3 aromatic rings. The van der Waals surface area contributed by atoms with E-state index in [0.29, 0.717) is 17.0 Å². The van der Waals surface area contributed by atoms with Gasteiger partial charge in [0.1, 0.15) is 5.82 Å². The highest BCUT2D eigenvalue weighted by atomic mass is 16.4. The van der Waals surface area contributed by atoms with E-state index in [1.165, 1.54) is 6.20 Å². The summed E-state index contributed by atoms with van der Waals surface area (Å²) in [6, 6.07) is 2.05. The number of carboxylic acids is 1. The number of nitrogens with zero attached hydrogens (tertiary/aromatic N) is 5. The van der Waals surface area contributed by atoms with E-state index in [-0.39, 0.29) is 17.4 Å². The summed E-state index contributed by atoms with van der Waals surface area (Å²) >= 11 is 0. The number of hydrogen-bond acceptors (Lipinski definition) is 6. The fraction of sp³-hybridized carbons (Fsp3) is 0.278. The van der Waals surface area contributed by atoms with Gasteiger partial charge in [0.2, 0.25) is 0 Å². The van der Waals surface area contributed by atoms with Crippen molar-refractivity contribution in [2.24, 2.45) is 0 Å². The summed E-state index contributed by atoms with van der Waals surface area (Å²) in [5.41, 5.74) is 8.67. The summed E-state index contributed by atoms with van der Waals surface area (Å²) in [6.45, 7) is 7.85. The SMILES string of the molecule is Cc1c(-c2nccc(-c3cnc(C)n3C(C)C)n2)cnc(C(=O)O)c1N. The largest absolute Gasteiger partial charge is 0.476 e. The summed E-state index contributed by atoms with van der Waals surface area (Å²) in [4.78, 5) is 28.5. The second-order valence-corrected chi connectivity index (χ2v) is 6.28. The summed E-state index contributed by atoms with van der Waals surface area (Å²) in [6.07, 6.45) is 4.89. The smallest absolute Gasteiger partial charge is 0.356 e. The number of anilines is 1. The first-order chi connectivity index (χ1) is 12.3. The zero-order valence-electron chi connectivity index (χ0n) is 15.1. The van der Waals surface area contributed by atoms with Crippen LogP contribution in [-0.4, -0.2) is 35.6 Å². The van der Waals surface area contributed by atoms with Crippen LogP contribution in [0.15, 0.2) is 24.7 Å². The minimum Gasteiger partial charge on any atom is -0.476 e. The Morgan fingerprint density at radius 3 is 2.58 bits per heavy atom. The van der Waals surface area contributed by atoms with E-state index in [0.717, 1.165) is 17.2 Å². The van der Waals surface area contributed by atoms with E-state index in [9.17, 15) is 4.79 Å². The molecule has 0 radical (unpaired) electrons. The minimum atomic E-state index is -1.16. The second-order valence-electron chi connectivity index (χ2n) is 6.28. The van der Waals surface area contributed by atoms with Crippen molar-refractivity contribution in [1.29, 1.82) is 0 Å². The number of imidazole rings is 1. The Labute approximate surface area is 150 Å². The first kappa shape index (κ1) is 17.5. The van der Waals surface area contributed by atoms with Crippen molar-refractivity contribution in [1.82, 2.24) is 24.5 Å². The third-order valence-corrected chi connectivity index (χ3v) is 4.25. The van der Waals surface area contributed by atoms with Gasteiger partial charge in [-0.25, -0.2) is 24.7 Å². The quantitative estimate of drug-likeness (QED) is 0.740. The molecule has 8 nitrogen and oxygen atoms in total. The van der Waals surface area contributed by atoms with Crippen molar-refractivity contribution in [2.45, 2.75) is 33.7 Å². The molecule has 0 bridgehead atoms. The molecular weight excluding hydrogens is 332 g/mol. The monoisotopic (exact) mass is 352 g/mol. The van der Waals surface area contributed by atoms with Gasteiger partial charge in [-0.1, -0.05) is 0 Å². The van der Waals surface area contributed by atoms with E-state index < -0.39 is 5.97 Å². The number of rotatable bonds is 4. The predicted molar refractivity (Wildman–Crippen MR) is 97.7 cm³/mol. The van der Waals surface area contributed by atoms with E-state index in [2.05, 4.69) is 38.4 Å². The highest BCUT2D eigenvalue weighted by molar-refractivity contribution is 5.93. The van der Waals surface area contributed by atoms with Gasteiger partial charge in [-0.05, 0) is 39.3 Å². The van der Waals surface area contributed by atoms with Gasteiger partial charge in [0.25, 0.3) is 0 Å². The standard InChI is InChI=1S/C18H20N6O2/c1-9(2)24-11(4)21-8-14(24)13-5-6-20-17(23-13)12-7-22-16(18(25)26)15(19)10(12)3/h5-9H,19H2,1-4H3,(H,25,26). The number of carboxylic acid groups (broad SMARTS) is 1. The molecule has 134 valence electrons. The molecule has 3 rings (SSSR count). The normalized spacial score (nSPS) is 11.1. The van der Waals surface area contributed by atoms with Gasteiger partial charge in [0.05, 0.1) is 23.3 Å². The zero-order chi connectivity index (χ0) is 19.0. The number of nitrogens with two attached hydrogens (primary N) is 1. The van der Waals surface area contributed by atoms with Gasteiger partial charge in [-0.3, -0.25) is 0 Å². The molecule has 8 heteroatoms. The number of nitrogen functional groups attached to an aromatic ring is 1. The highest BCUT2D eigenvalue weighted by Gasteiger charge is 2.18. The molecule has 0 aliphatic rings. The number of pyridine rings is 1. The van der Waals surface area contributed by atoms with Crippen LogP contribution in [0.1, 0.15) is 41.8 Å². The number of aryl methyl sites for hydroxylation is 1. The molecule has 0 atom stereocenters. The molecular formula is C18H20N6O2. The van der Waals surface area contributed by atoms with Crippen molar-refractivity contribution in [3.8, 4) is 22.8 Å². The average molecular weight is 352 g/mol. The molecule has 0 saturated carbocycles. The Balaban J connectivity index is 2.12. The Morgan fingerprint density at radius 1 is 1.19 bits per heavy atom. The lowest BCUT2D eigenvalue weighted by Gasteiger charge is -2.14. The molecule has 26 heavy (non-hydrogen) atoms. The molecule has 0 spiro atoms. The fourth-order valence-corrected chi connectivity index (χ4v) is 2.94. The van der Waals surface area contributed by atoms with Crippen molar-refractivity contribution in [3.63, 3.8) is 0 Å². The molecule has 3 N–H and O–H groups in total. The van der Waals surface area contributed by atoms with E-state index in [1.807, 2.05) is 13.0 Å². The maximum absolute atomic E-state index is 11.2. The Morgan fingerprint density at radius 2 is 1.92 bits per heavy atom. The predicted octanol–water partition coefficient (Wildman–Crippen LogP) is 2.88. The number of hydrogen-bond donors (Lipinski definition) is 2. The Hall–Kier alpha value is -3.29. The summed E-state index contributed by atoms with van der Waals surface area (Å²) in [5.74, 6) is 0.177. The first-order valence-electron chi connectivity index (χ1n) is 8.17. The van der Waals surface area contributed by atoms with Gasteiger partial charge in [0.15, 0.2) is 11.5 Å². The number of carbonyl (C=O) groups is 1. The molecule has 0 unspecified atom stereocenters. The maximum Gasteiger partial charge on any atom is 0.356 e. The third-order valence-electron chi connectivity index (χ3n) is 4.25. The Bertz CT molecular complexity index is 993. The molecule has 3 heterocycles. The Kier molecular flexibility index (Phi) is 4.41. The van der Waals surface area contributed by atoms with E-state index in [1.54, 1.807) is 19.3 Å². The minimum absolute atomic E-state index is 0.118. The van der Waals surface area contributed by atoms with Crippen LogP contribution in [0.5, 0.6) is 0 Å². The molecule has 0 fully saturated rings. The summed E-state index contributed by atoms with van der Waals surface area (Å²) in [7, 11) is 0. The second kappa shape index (κ2) is 6.55. The van der Waals surface area contributed by atoms with Gasteiger partial charge in [-0.15, -0.1) is 0 Å². The van der Waals surface area contributed by atoms with Crippen molar-refractivity contribution in [3.05, 3.63) is 41.7 Å². The van der Waals surface area contributed by atoms with Crippen LogP contribution in [0.3, 0.4) is 0 Å². The van der Waals surface area contributed by atoms with Gasteiger partial charge < -0.3 is 15.4 Å². The van der Waals surface area contributed by atoms with Crippen molar-refractivity contribution < 1.29 is 9.90 Å². The van der Waals surface area contributed by atoms with Crippen LogP contribution in [0, 0.1) is 13.8 Å². The highest BCUT2D eigenvalue weighted by Crippen LogP contribution is 2.28. The number of aromatic carboxylic acids is 1. The van der Waals surface area contributed by atoms with Crippen molar-refractivity contribution in [2.75, 3.05) is 5.73 Å². The molecule has 3 aromatic heterocycles. The van der Waals surface area contributed by atoms with Crippen LogP contribution in [-0.2, 0) is 0 Å². The lowest BCUT2D eigenvalue weighted by Crippen LogP contribution is -2.09. The lowest BCUT2D eigenvalue weighted by atomic mass is 10.1. The molecule has 0 saturated heterocycles. The van der Waals surface area contributed by atoms with Gasteiger partial charge in [-0.2, -0.15) is 0 Å². The molecule has 0 aliphatic carbocycles. The van der Waals surface area contributed by atoms with Gasteiger partial charge in [0, 0.05) is 24.0 Å². The van der Waals surface area contributed by atoms with Crippen LogP contribution >= 0.6 is 0 Å². The third kappa shape index (κ3) is 2.90. The maximum atomic E-state index is 11.2. The van der Waals surface area contributed by atoms with Crippen LogP contribution < -0.4 is 5.73 Å². The van der Waals surface area contributed by atoms with Crippen molar-refractivity contribution >= 4 is 11.7 Å². The zero-order valence-corrected chi connectivity index (χ0v) is 15.1. The van der Waals surface area contributed by atoms with E-state index in [4.69, 9.17) is 10.8 Å². The molecule has 0 amide bonds. The molecule has 0 aromatic carbocycles. The first-order valence-corrected chi connectivity index (χ1v) is 8.17. The van der Waals surface area contributed by atoms with Crippen LogP contribution in [0.4, 0.5) is 5.69 Å². The topological polar surface area (TPSA) is 120 Å². The van der Waals surface area contributed by atoms with Crippen LogP contribution in [0.25, 0.3) is 22.8 Å². The summed E-state index contributed by atoms with van der Waals surface area (Å²) < 4.78 is 2.10. The summed E-state index contributed by atoms with van der Waals surface area (Å²) in [5, 5.41) is 9.15. The van der Waals surface area contributed by atoms with Crippen LogP contribution in [0.2, 0.25) is 0 Å².